The largest absolute Gasteiger partial charge is 0.375 e. The lowest BCUT2D eigenvalue weighted by Gasteiger charge is -2.26. The van der Waals surface area contributed by atoms with E-state index in [1.165, 1.54) is 5.56 Å². The zero-order valence-corrected chi connectivity index (χ0v) is 12.3. The van der Waals surface area contributed by atoms with Gasteiger partial charge in [-0.05, 0) is 12.1 Å². The number of benzene rings is 1. The molecule has 0 fully saturated rings. The maximum atomic E-state index is 5.72. The SMILES string of the molecule is CCNC(Cc1ncnn1C)C(OC)c1ccccc1. The molecule has 0 aliphatic heterocycles. The lowest BCUT2D eigenvalue weighted by atomic mass is 9.99. The molecule has 0 amide bonds. The number of ether oxygens (including phenoxy) is 1. The Labute approximate surface area is 120 Å². The minimum absolute atomic E-state index is 0.00662. The highest BCUT2D eigenvalue weighted by molar-refractivity contribution is 5.19. The normalized spacial score (nSPS) is 14.2. The highest BCUT2D eigenvalue weighted by Crippen LogP contribution is 2.22. The maximum Gasteiger partial charge on any atom is 0.138 e. The van der Waals surface area contributed by atoms with Crippen LogP contribution in [0.4, 0.5) is 0 Å². The van der Waals surface area contributed by atoms with Crippen molar-refractivity contribution in [1.29, 1.82) is 0 Å². The van der Waals surface area contributed by atoms with E-state index in [9.17, 15) is 0 Å². The molecule has 0 aliphatic carbocycles. The number of hydrogen-bond acceptors (Lipinski definition) is 4. The number of nitrogens with zero attached hydrogens (tertiary/aromatic N) is 3. The summed E-state index contributed by atoms with van der Waals surface area (Å²) in [6.45, 7) is 2.98. The van der Waals surface area contributed by atoms with Crippen LogP contribution in [0, 0.1) is 0 Å². The molecule has 1 aromatic carbocycles. The van der Waals surface area contributed by atoms with Gasteiger partial charge >= 0.3 is 0 Å². The molecule has 2 rings (SSSR count). The standard InChI is InChI=1S/C15H22N4O/c1-4-16-13(10-14-17-11-18-19(14)2)15(20-3)12-8-6-5-7-9-12/h5-9,11,13,15-16H,4,10H2,1-3H3. The van der Waals surface area contributed by atoms with Gasteiger partial charge in [0, 0.05) is 26.6 Å². The van der Waals surface area contributed by atoms with Gasteiger partial charge in [-0.1, -0.05) is 37.3 Å². The van der Waals surface area contributed by atoms with Crippen LogP contribution < -0.4 is 5.32 Å². The van der Waals surface area contributed by atoms with Crippen LogP contribution in [-0.2, 0) is 18.2 Å². The Bertz CT molecular complexity index is 512. The monoisotopic (exact) mass is 274 g/mol. The van der Waals surface area contributed by atoms with Crippen LogP contribution in [0.5, 0.6) is 0 Å². The summed E-state index contributed by atoms with van der Waals surface area (Å²) in [5.41, 5.74) is 1.17. The third-order valence-corrected chi connectivity index (χ3v) is 3.42. The first-order chi connectivity index (χ1) is 9.76. The maximum absolute atomic E-state index is 5.72. The van der Waals surface area contributed by atoms with Crippen LogP contribution in [0.15, 0.2) is 36.7 Å². The molecular formula is C15H22N4O. The molecule has 5 heteroatoms. The van der Waals surface area contributed by atoms with E-state index < -0.39 is 0 Å². The van der Waals surface area contributed by atoms with Gasteiger partial charge < -0.3 is 10.1 Å². The molecule has 108 valence electrons. The zero-order chi connectivity index (χ0) is 14.4. The summed E-state index contributed by atoms with van der Waals surface area (Å²) >= 11 is 0. The predicted molar refractivity (Wildman–Crippen MR) is 78.4 cm³/mol. The van der Waals surface area contributed by atoms with Gasteiger partial charge in [-0.3, -0.25) is 4.68 Å². The van der Waals surface area contributed by atoms with Gasteiger partial charge in [0.2, 0.25) is 0 Å². The number of aromatic nitrogens is 3. The summed E-state index contributed by atoms with van der Waals surface area (Å²) in [7, 11) is 3.66. The van der Waals surface area contributed by atoms with Crippen LogP contribution in [0.3, 0.4) is 0 Å². The highest BCUT2D eigenvalue weighted by Gasteiger charge is 2.24. The topological polar surface area (TPSA) is 52.0 Å². The number of nitrogens with one attached hydrogen (secondary N) is 1. The van der Waals surface area contributed by atoms with Crippen molar-refractivity contribution in [3.63, 3.8) is 0 Å². The van der Waals surface area contributed by atoms with Gasteiger partial charge in [0.15, 0.2) is 0 Å². The summed E-state index contributed by atoms with van der Waals surface area (Å²) in [5, 5.41) is 7.62. The van der Waals surface area contributed by atoms with Gasteiger partial charge in [-0.25, -0.2) is 4.98 Å². The lowest BCUT2D eigenvalue weighted by molar-refractivity contribution is 0.0674. The molecule has 0 spiro atoms. The molecule has 2 unspecified atom stereocenters. The van der Waals surface area contributed by atoms with E-state index >= 15 is 0 Å². The molecule has 2 aromatic rings. The van der Waals surface area contributed by atoms with E-state index in [1.807, 2.05) is 29.9 Å². The van der Waals surface area contributed by atoms with Gasteiger partial charge in [0.25, 0.3) is 0 Å². The highest BCUT2D eigenvalue weighted by atomic mass is 16.5. The second kappa shape index (κ2) is 7.17. The van der Waals surface area contributed by atoms with Gasteiger partial charge in [0.1, 0.15) is 12.2 Å². The molecule has 0 saturated carbocycles. The Morgan fingerprint density at radius 3 is 2.60 bits per heavy atom. The van der Waals surface area contributed by atoms with Crippen molar-refractivity contribution < 1.29 is 4.74 Å². The Morgan fingerprint density at radius 2 is 2.05 bits per heavy atom. The molecule has 20 heavy (non-hydrogen) atoms. The summed E-state index contributed by atoms with van der Waals surface area (Å²) < 4.78 is 7.53. The molecule has 2 atom stereocenters. The Hall–Kier alpha value is -1.72. The molecule has 1 heterocycles. The molecule has 0 aliphatic rings. The summed E-state index contributed by atoms with van der Waals surface area (Å²) in [5.74, 6) is 0.953. The molecular weight excluding hydrogens is 252 g/mol. The zero-order valence-electron chi connectivity index (χ0n) is 12.3. The second-order valence-electron chi connectivity index (χ2n) is 4.74. The fourth-order valence-electron chi connectivity index (χ4n) is 2.43. The Kier molecular flexibility index (Phi) is 5.26. The number of aryl methyl sites for hydroxylation is 1. The first-order valence-electron chi connectivity index (χ1n) is 6.90. The molecule has 5 nitrogen and oxygen atoms in total. The number of rotatable bonds is 7. The average molecular weight is 274 g/mol. The average Bonchev–Trinajstić information content (AvgIpc) is 2.86. The smallest absolute Gasteiger partial charge is 0.138 e. The first kappa shape index (κ1) is 14.7. The second-order valence-corrected chi connectivity index (χ2v) is 4.74. The predicted octanol–water partition coefficient (Wildman–Crippen LogP) is 1.72. The number of hydrogen-bond donors (Lipinski definition) is 1. The summed E-state index contributed by atoms with van der Waals surface area (Å²) in [6, 6.07) is 10.4. The van der Waals surface area contributed by atoms with E-state index in [0.29, 0.717) is 0 Å². The summed E-state index contributed by atoms with van der Waals surface area (Å²) in [4.78, 5) is 4.30. The molecule has 0 bridgehead atoms. The van der Waals surface area contributed by atoms with E-state index in [0.717, 1.165) is 18.8 Å². The third kappa shape index (κ3) is 3.43. The van der Waals surface area contributed by atoms with Crippen molar-refractivity contribution in [2.45, 2.75) is 25.5 Å². The van der Waals surface area contributed by atoms with E-state index in [-0.39, 0.29) is 12.1 Å². The quantitative estimate of drug-likeness (QED) is 0.835. The number of likely N-dealkylation sites (N-methyl/N-ethyl adjacent to an activating group) is 1. The van der Waals surface area contributed by atoms with Crippen LogP contribution in [0.1, 0.15) is 24.4 Å². The van der Waals surface area contributed by atoms with E-state index in [1.54, 1.807) is 13.4 Å². The lowest BCUT2D eigenvalue weighted by Crippen LogP contribution is -2.38. The molecule has 0 saturated heterocycles. The van der Waals surface area contributed by atoms with Crippen molar-refractivity contribution in [2.75, 3.05) is 13.7 Å². The minimum Gasteiger partial charge on any atom is -0.375 e. The van der Waals surface area contributed by atoms with Crippen molar-refractivity contribution in [2.24, 2.45) is 7.05 Å². The van der Waals surface area contributed by atoms with Crippen molar-refractivity contribution >= 4 is 0 Å². The first-order valence-corrected chi connectivity index (χ1v) is 6.90. The minimum atomic E-state index is -0.00662. The van der Waals surface area contributed by atoms with Gasteiger partial charge in [0.05, 0.1) is 6.10 Å². The van der Waals surface area contributed by atoms with Crippen LogP contribution in [0.25, 0.3) is 0 Å². The van der Waals surface area contributed by atoms with Crippen molar-refractivity contribution in [1.82, 2.24) is 20.1 Å². The molecule has 1 aromatic heterocycles. The molecule has 0 radical (unpaired) electrons. The third-order valence-electron chi connectivity index (χ3n) is 3.42. The van der Waals surface area contributed by atoms with Crippen LogP contribution >= 0.6 is 0 Å². The molecule has 1 N–H and O–H groups in total. The Balaban J connectivity index is 2.20. The van der Waals surface area contributed by atoms with E-state index in [2.05, 4.69) is 34.5 Å². The summed E-state index contributed by atoms with van der Waals surface area (Å²) in [6.07, 6.45) is 2.35. The van der Waals surface area contributed by atoms with E-state index in [4.69, 9.17) is 4.74 Å². The fraction of sp³-hybridized carbons (Fsp3) is 0.467. The Morgan fingerprint density at radius 1 is 1.30 bits per heavy atom. The van der Waals surface area contributed by atoms with Gasteiger partial charge in [-0.15, -0.1) is 0 Å². The van der Waals surface area contributed by atoms with Crippen LogP contribution in [0.2, 0.25) is 0 Å². The fourth-order valence-corrected chi connectivity index (χ4v) is 2.43. The van der Waals surface area contributed by atoms with Crippen molar-refractivity contribution in [3.05, 3.63) is 48.0 Å². The van der Waals surface area contributed by atoms with Crippen molar-refractivity contribution in [3.8, 4) is 0 Å². The number of methoxy groups -OCH3 is 1. The van der Waals surface area contributed by atoms with Gasteiger partial charge in [-0.2, -0.15) is 5.10 Å². The van der Waals surface area contributed by atoms with Crippen LogP contribution in [-0.4, -0.2) is 34.5 Å².